The van der Waals surface area contributed by atoms with E-state index in [9.17, 15) is 4.79 Å². The van der Waals surface area contributed by atoms with Gasteiger partial charge in [-0.25, -0.2) is 0 Å². The number of benzene rings is 1. The number of aliphatic carboxylic acids is 1. The maximum Gasteiger partial charge on any atom is 0.307 e. The van der Waals surface area contributed by atoms with Crippen LogP contribution in [0.5, 0.6) is 0 Å². The standard InChI is InChI=1S/C10H9ClN2O2/c11-9-2-1-6(4-12)8(5-13)7(9)3-10(14)15/h1-2H,3,5,13H2,(H,14,15). The number of rotatable bonds is 3. The van der Waals surface area contributed by atoms with Gasteiger partial charge in [-0.05, 0) is 23.3 Å². The lowest BCUT2D eigenvalue weighted by molar-refractivity contribution is -0.136. The van der Waals surface area contributed by atoms with E-state index in [1.165, 1.54) is 12.1 Å². The SMILES string of the molecule is N#Cc1ccc(Cl)c(CC(=O)O)c1CN. The van der Waals surface area contributed by atoms with Crippen molar-refractivity contribution in [1.29, 1.82) is 5.26 Å². The molecule has 0 unspecified atom stereocenters. The van der Waals surface area contributed by atoms with E-state index in [4.69, 9.17) is 27.7 Å². The van der Waals surface area contributed by atoms with Gasteiger partial charge in [0.1, 0.15) is 0 Å². The normalized spacial score (nSPS) is 9.67. The van der Waals surface area contributed by atoms with Crippen molar-refractivity contribution >= 4 is 17.6 Å². The Labute approximate surface area is 91.9 Å². The van der Waals surface area contributed by atoms with E-state index in [-0.39, 0.29) is 13.0 Å². The van der Waals surface area contributed by atoms with E-state index in [0.717, 1.165) is 0 Å². The van der Waals surface area contributed by atoms with Crippen molar-refractivity contribution in [2.45, 2.75) is 13.0 Å². The van der Waals surface area contributed by atoms with Crippen LogP contribution in [0.3, 0.4) is 0 Å². The Morgan fingerprint density at radius 2 is 2.20 bits per heavy atom. The second kappa shape index (κ2) is 4.78. The molecule has 0 fully saturated rings. The number of hydrogen-bond donors (Lipinski definition) is 2. The van der Waals surface area contributed by atoms with Gasteiger partial charge in [-0.3, -0.25) is 4.79 Å². The van der Waals surface area contributed by atoms with Crippen LogP contribution in [0.25, 0.3) is 0 Å². The van der Waals surface area contributed by atoms with E-state index in [1.54, 1.807) is 0 Å². The predicted octanol–water partition coefficient (Wildman–Crippen LogP) is 1.30. The van der Waals surface area contributed by atoms with Crippen molar-refractivity contribution in [3.63, 3.8) is 0 Å². The van der Waals surface area contributed by atoms with Crippen LogP contribution in [0.15, 0.2) is 12.1 Å². The van der Waals surface area contributed by atoms with Gasteiger partial charge in [0.15, 0.2) is 0 Å². The van der Waals surface area contributed by atoms with Crippen LogP contribution in [-0.2, 0) is 17.8 Å². The van der Waals surface area contributed by atoms with E-state index >= 15 is 0 Å². The van der Waals surface area contributed by atoms with E-state index in [1.807, 2.05) is 6.07 Å². The maximum atomic E-state index is 10.6. The molecule has 0 atom stereocenters. The Hall–Kier alpha value is -1.57. The number of carbonyl (C=O) groups is 1. The molecule has 78 valence electrons. The molecule has 3 N–H and O–H groups in total. The molecule has 4 nitrogen and oxygen atoms in total. The first kappa shape index (κ1) is 11.5. The van der Waals surface area contributed by atoms with Crippen LogP contribution < -0.4 is 5.73 Å². The molecule has 0 radical (unpaired) electrons. The van der Waals surface area contributed by atoms with Crippen LogP contribution in [0, 0.1) is 11.3 Å². The van der Waals surface area contributed by atoms with Gasteiger partial charge in [0, 0.05) is 11.6 Å². The van der Waals surface area contributed by atoms with Gasteiger partial charge in [0.2, 0.25) is 0 Å². The second-order valence-electron chi connectivity index (χ2n) is 2.94. The van der Waals surface area contributed by atoms with Crippen molar-refractivity contribution in [2.75, 3.05) is 0 Å². The van der Waals surface area contributed by atoms with Crippen molar-refractivity contribution in [3.8, 4) is 6.07 Å². The highest BCUT2D eigenvalue weighted by molar-refractivity contribution is 6.31. The number of nitrogens with two attached hydrogens (primary N) is 1. The van der Waals surface area contributed by atoms with E-state index in [2.05, 4.69) is 0 Å². The fourth-order valence-corrected chi connectivity index (χ4v) is 1.59. The summed E-state index contributed by atoms with van der Waals surface area (Å²) in [6, 6.07) is 5.00. The zero-order valence-corrected chi connectivity index (χ0v) is 8.58. The number of carboxylic acids is 1. The summed E-state index contributed by atoms with van der Waals surface area (Å²) < 4.78 is 0. The van der Waals surface area contributed by atoms with Crippen molar-refractivity contribution in [1.82, 2.24) is 0 Å². The Kier molecular flexibility index (Phi) is 3.67. The predicted molar refractivity (Wildman–Crippen MR) is 55.4 cm³/mol. The van der Waals surface area contributed by atoms with E-state index < -0.39 is 5.97 Å². The maximum absolute atomic E-state index is 10.6. The van der Waals surface area contributed by atoms with Crippen molar-refractivity contribution in [2.24, 2.45) is 5.73 Å². The molecule has 1 rings (SSSR count). The van der Waals surface area contributed by atoms with Crippen molar-refractivity contribution < 1.29 is 9.90 Å². The Morgan fingerprint density at radius 3 is 2.67 bits per heavy atom. The Morgan fingerprint density at radius 1 is 1.53 bits per heavy atom. The average molecular weight is 225 g/mol. The molecule has 0 amide bonds. The van der Waals surface area contributed by atoms with E-state index in [0.29, 0.717) is 21.7 Å². The quantitative estimate of drug-likeness (QED) is 0.810. The highest BCUT2D eigenvalue weighted by Crippen LogP contribution is 2.23. The summed E-state index contributed by atoms with van der Waals surface area (Å²) in [5, 5.41) is 17.8. The van der Waals surface area contributed by atoms with Gasteiger partial charge >= 0.3 is 5.97 Å². The molecule has 0 heterocycles. The first-order valence-corrected chi connectivity index (χ1v) is 4.60. The Balaban J connectivity index is 3.33. The third-order valence-electron chi connectivity index (χ3n) is 2.03. The summed E-state index contributed by atoms with van der Waals surface area (Å²) in [5.41, 5.74) is 6.77. The van der Waals surface area contributed by atoms with Gasteiger partial charge in [-0.1, -0.05) is 11.6 Å². The molecule has 0 saturated heterocycles. The molecule has 0 aliphatic rings. The summed E-state index contributed by atoms with van der Waals surface area (Å²) in [6.07, 6.45) is -0.221. The zero-order chi connectivity index (χ0) is 11.4. The monoisotopic (exact) mass is 224 g/mol. The fourth-order valence-electron chi connectivity index (χ4n) is 1.34. The molecule has 15 heavy (non-hydrogen) atoms. The van der Waals surface area contributed by atoms with Gasteiger partial charge in [0.25, 0.3) is 0 Å². The lowest BCUT2D eigenvalue weighted by Crippen LogP contribution is -2.09. The van der Waals surface area contributed by atoms with Crippen molar-refractivity contribution in [3.05, 3.63) is 33.8 Å². The zero-order valence-electron chi connectivity index (χ0n) is 7.83. The number of hydrogen-bond acceptors (Lipinski definition) is 3. The molecule has 0 bridgehead atoms. The van der Waals surface area contributed by atoms with Gasteiger partial charge < -0.3 is 10.8 Å². The summed E-state index contributed by atoms with van der Waals surface area (Å²) in [7, 11) is 0. The molecule has 0 spiro atoms. The molecule has 0 saturated carbocycles. The molecule has 0 aliphatic carbocycles. The van der Waals surface area contributed by atoms with Crippen LogP contribution in [-0.4, -0.2) is 11.1 Å². The largest absolute Gasteiger partial charge is 0.481 e. The molecule has 5 heteroatoms. The minimum absolute atomic E-state index is 0.103. The summed E-state index contributed by atoms with van der Waals surface area (Å²) >= 11 is 5.85. The number of carboxylic acid groups (broad SMARTS) is 1. The molecular formula is C10H9ClN2O2. The topological polar surface area (TPSA) is 87.1 Å². The van der Waals surface area contributed by atoms with Gasteiger partial charge in [0.05, 0.1) is 18.1 Å². The molecule has 0 aromatic heterocycles. The molecule has 1 aromatic carbocycles. The smallest absolute Gasteiger partial charge is 0.307 e. The second-order valence-corrected chi connectivity index (χ2v) is 3.35. The molecule has 0 aliphatic heterocycles. The molecular weight excluding hydrogens is 216 g/mol. The average Bonchev–Trinajstić information content (AvgIpc) is 2.20. The summed E-state index contributed by atoms with van der Waals surface area (Å²) in [4.78, 5) is 10.6. The third kappa shape index (κ3) is 2.46. The third-order valence-corrected chi connectivity index (χ3v) is 2.38. The first-order chi connectivity index (χ1) is 7.10. The minimum atomic E-state index is -0.998. The van der Waals surface area contributed by atoms with Crippen LogP contribution in [0.1, 0.15) is 16.7 Å². The Bertz CT molecular complexity index is 438. The number of nitrogens with zero attached hydrogens (tertiary/aromatic N) is 1. The van der Waals surface area contributed by atoms with Crippen LogP contribution in [0.2, 0.25) is 5.02 Å². The summed E-state index contributed by atoms with van der Waals surface area (Å²) in [5.74, 6) is -0.998. The number of halogens is 1. The highest BCUT2D eigenvalue weighted by atomic mass is 35.5. The van der Waals surface area contributed by atoms with Gasteiger partial charge in [-0.15, -0.1) is 0 Å². The fraction of sp³-hybridized carbons (Fsp3) is 0.200. The highest BCUT2D eigenvalue weighted by Gasteiger charge is 2.13. The van der Waals surface area contributed by atoms with Crippen LogP contribution in [0.4, 0.5) is 0 Å². The summed E-state index contributed by atoms with van der Waals surface area (Å²) in [6.45, 7) is 0.103. The minimum Gasteiger partial charge on any atom is -0.481 e. The van der Waals surface area contributed by atoms with Gasteiger partial charge in [-0.2, -0.15) is 5.26 Å². The lowest BCUT2D eigenvalue weighted by Gasteiger charge is -2.09. The van der Waals surface area contributed by atoms with Crippen LogP contribution >= 0.6 is 11.6 Å². The molecule has 1 aromatic rings. The lowest BCUT2D eigenvalue weighted by atomic mass is 9.99. The number of nitriles is 1. The first-order valence-electron chi connectivity index (χ1n) is 4.22.